The largest absolute Gasteiger partial charge is 0.481 e. The second kappa shape index (κ2) is 10.9. The number of H-pyrrole nitrogens is 1. The minimum absolute atomic E-state index is 0.0153. The quantitative estimate of drug-likeness (QED) is 0.531. The minimum atomic E-state index is -0.833. The lowest BCUT2D eigenvalue weighted by Gasteiger charge is -2.09. The number of carbonyl (C=O) groups excluding carboxylic acids is 1. The summed E-state index contributed by atoms with van der Waals surface area (Å²) in [7, 11) is 1.82. The molecule has 3 rings (SSSR count). The summed E-state index contributed by atoms with van der Waals surface area (Å²) < 4.78 is 0. The molecule has 0 spiro atoms. The van der Waals surface area contributed by atoms with Crippen LogP contribution in [-0.2, 0) is 22.4 Å². The molecule has 154 valence electrons. The molecular weight excluding hydrogens is 364 g/mol. The van der Waals surface area contributed by atoms with Crippen molar-refractivity contribution >= 4 is 28.9 Å². The number of carboxylic acids is 2. The van der Waals surface area contributed by atoms with E-state index in [2.05, 4.69) is 28.5 Å². The maximum Gasteiger partial charge on any atom is 0.317 e. The van der Waals surface area contributed by atoms with Crippen LogP contribution in [0.1, 0.15) is 25.0 Å². The topological polar surface area (TPSA) is 149 Å². The molecule has 1 aliphatic heterocycles. The van der Waals surface area contributed by atoms with Crippen LogP contribution in [0.15, 0.2) is 24.4 Å². The molecule has 1 aliphatic rings. The highest BCUT2D eigenvalue weighted by molar-refractivity contribution is 5.84. The van der Waals surface area contributed by atoms with Crippen LogP contribution in [0.5, 0.6) is 0 Å². The third-order valence-electron chi connectivity index (χ3n) is 3.90. The van der Waals surface area contributed by atoms with Crippen molar-refractivity contribution in [1.29, 1.82) is 0 Å². The molecule has 2 aromatic rings. The number of amides is 2. The van der Waals surface area contributed by atoms with Crippen molar-refractivity contribution in [3.8, 4) is 0 Å². The van der Waals surface area contributed by atoms with Crippen LogP contribution >= 0.6 is 0 Å². The van der Waals surface area contributed by atoms with Crippen LogP contribution in [0.25, 0.3) is 10.9 Å². The summed E-state index contributed by atoms with van der Waals surface area (Å²) in [6, 6.07) is 6.64. The van der Waals surface area contributed by atoms with E-state index in [-0.39, 0.29) is 12.1 Å². The van der Waals surface area contributed by atoms with Gasteiger partial charge in [0.1, 0.15) is 0 Å². The van der Waals surface area contributed by atoms with Crippen LogP contribution in [0.4, 0.5) is 4.79 Å². The number of rotatable bonds is 4. The zero-order valence-corrected chi connectivity index (χ0v) is 16.4. The number of carbonyl (C=O) groups is 3. The lowest BCUT2D eigenvalue weighted by Crippen LogP contribution is -2.28. The number of nitrogens with two attached hydrogens (primary N) is 1. The fourth-order valence-electron chi connectivity index (χ4n) is 2.86. The molecule has 1 fully saturated rings. The first-order valence-corrected chi connectivity index (χ1v) is 8.83. The number of benzene rings is 1. The molecule has 0 saturated carbocycles. The maximum absolute atomic E-state index is 11.5. The average molecular weight is 392 g/mol. The van der Waals surface area contributed by atoms with E-state index in [9.17, 15) is 4.79 Å². The van der Waals surface area contributed by atoms with Gasteiger partial charge in [0.2, 0.25) is 0 Å². The van der Waals surface area contributed by atoms with Crippen molar-refractivity contribution in [3.05, 3.63) is 35.5 Å². The highest BCUT2D eigenvalue weighted by Crippen LogP contribution is 2.21. The summed E-state index contributed by atoms with van der Waals surface area (Å²) in [6.45, 7) is 3.58. The van der Waals surface area contributed by atoms with Crippen molar-refractivity contribution in [2.75, 3.05) is 20.1 Å². The van der Waals surface area contributed by atoms with E-state index in [0.717, 1.165) is 38.8 Å². The summed E-state index contributed by atoms with van der Waals surface area (Å²) in [5.74, 6) is -1.67. The van der Waals surface area contributed by atoms with Gasteiger partial charge in [-0.15, -0.1) is 0 Å². The van der Waals surface area contributed by atoms with Gasteiger partial charge in [-0.25, -0.2) is 4.79 Å². The van der Waals surface area contributed by atoms with Crippen LogP contribution < -0.4 is 11.1 Å². The van der Waals surface area contributed by atoms with Crippen molar-refractivity contribution in [2.24, 2.45) is 5.73 Å². The Morgan fingerprint density at radius 3 is 2.36 bits per heavy atom. The van der Waals surface area contributed by atoms with Crippen molar-refractivity contribution in [1.82, 2.24) is 15.2 Å². The number of hydrogen-bond acceptors (Lipinski definition) is 4. The van der Waals surface area contributed by atoms with Gasteiger partial charge in [-0.05, 0) is 42.6 Å². The van der Waals surface area contributed by atoms with E-state index in [0.29, 0.717) is 6.54 Å². The molecule has 1 aromatic carbocycles. The van der Waals surface area contributed by atoms with Crippen LogP contribution in [0.2, 0.25) is 0 Å². The number of aliphatic carboxylic acids is 2. The van der Waals surface area contributed by atoms with Crippen molar-refractivity contribution < 1.29 is 24.6 Å². The van der Waals surface area contributed by atoms with E-state index in [1.807, 2.05) is 13.2 Å². The first kappa shape index (κ1) is 23.0. The molecule has 9 nitrogen and oxygen atoms in total. The van der Waals surface area contributed by atoms with Gasteiger partial charge in [0.15, 0.2) is 0 Å². The van der Waals surface area contributed by atoms with Crippen LogP contribution in [0.3, 0.4) is 0 Å². The number of hydrogen-bond donors (Lipinski definition) is 5. The molecule has 0 aliphatic carbocycles. The smallest absolute Gasteiger partial charge is 0.317 e. The zero-order chi connectivity index (χ0) is 21.3. The molecule has 28 heavy (non-hydrogen) atoms. The standard InChI is InChI=1S/C15H20N4O.2C2H4O2/c1-19-9-12(18-15(19)20)6-10-2-3-14-13(7-10)11(4-5-16)8-17-14;2*1-2(3)4/h2-3,7-8,12,17H,4-6,9,16H2,1H3,(H,18,20);2*1H3,(H,3,4). The third-order valence-corrected chi connectivity index (χ3v) is 3.90. The Morgan fingerprint density at radius 2 is 1.86 bits per heavy atom. The molecule has 0 bridgehead atoms. The number of aromatic nitrogens is 1. The molecule has 2 amide bonds. The molecular formula is C19H28N4O5. The highest BCUT2D eigenvalue weighted by Gasteiger charge is 2.25. The Kier molecular flexibility index (Phi) is 8.97. The fraction of sp³-hybridized carbons (Fsp3) is 0.421. The van der Waals surface area contributed by atoms with Gasteiger partial charge in [-0.2, -0.15) is 0 Å². The summed E-state index contributed by atoms with van der Waals surface area (Å²) in [6.07, 6.45) is 3.78. The first-order chi connectivity index (χ1) is 13.1. The van der Waals surface area contributed by atoms with Gasteiger partial charge in [0.25, 0.3) is 11.9 Å². The summed E-state index contributed by atoms with van der Waals surface area (Å²) >= 11 is 0. The minimum Gasteiger partial charge on any atom is -0.481 e. The number of likely N-dealkylation sites (N-methyl/N-ethyl adjacent to an activating group) is 1. The predicted molar refractivity (Wildman–Crippen MR) is 106 cm³/mol. The van der Waals surface area contributed by atoms with Gasteiger partial charge in [0.05, 0.1) is 6.04 Å². The van der Waals surface area contributed by atoms with E-state index >= 15 is 0 Å². The van der Waals surface area contributed by atoms with Crippen molar-refractivity contribution in [3.63, 3.8) is 0 Å². The van der Waals surface area contributed by atoms with E-state index < -0.39 is 11.9 Å². The SMILES string of the molecule is CC(=O)O.CC(=O)O.CN1CC(Cc2ccc3[nH]cc(CCN)c3c2)NC1=O. The number of aromatic amines is 1. The molecule has 1 aromatic heterocycles. The normalized spacial score (nSPS) is 15.2. The average Bonchev–Trinajstić information content (AvgIpc) is 3.10. The number of nitrogens with one attached hydrogen (secondary N) is 2. The Morgan fingerprint density at radius 1 is 1.25 bits per heavy atom. The highest BCUT2D eigenvalue weighted by atomic mass is 16.4. The van der Waals surface area contributed by atoms with E-state index in [1.165, 1.54) is 16.5 Å². The Labute approximate surface area is 163 Å². The molecule has 9 heteroatoms. The summed E-state index contributed by atoms with van der Waals surface area (Å²) in [4.78, 5) is 34.5. The zero-order valence-electron chi connectivity index (χ0n) is 16.4. The van der Waals surface area contributed by atoms with Crippen molar-refractivity contribution in [2.45, 2.75) is 32.7 Å². The van der Waals surface area contributed by atoms with Crippen LogP contribution in [0, 0.1) is 0 Å². The predicted octanol–water partition coefficient (Wildman–Crippen LogP) is 1.42. The van der Waals surface area contributed by atoms with Gasteiger partial charge in [0, 0.05) is 44.5 Å². The monoisotopic (exact) mass is 392 g/mol. The number of nitrogens with zero attached hydrogens (tertiary/aromatic N) is 1. The molecule has 2 heterocycles. The Bertz CT molecular complexity index is 798. The molecule has 0 radical (unpaired) electrons. The fourth-order valence-corrected chi connectivity index (χ4v) is 2.86. The van der Waals surface area contributed by atoms with E-state index in [1.54, 1.807) is 4.90 Å². The number of carboxylic acid groups (broad SMARTS) is 2. The summed E-state index contributed by atoms with van der Waals surface area (Å²) in [5, 5.41) is 19.1. The van der Waals surface area contributed by atoms with Gasteiger partial charge >= 0.3 is 6.03 Å². The van der Waals surface area contributed by atoms with Gasteiger partial charge in [-0.3, -0.25) is 9.59 Å². The molecule has 1 unspecified atom stereocenters. The second-order valence-corrected chi connectivity index (χ2v) is 6.50. The Hall–Kier alpha value is -3.07. The lowest BCUT2D eigenvalue weighted by atomic mass is 10.0. The lowest BCUT2D eigenvalue weighted by molar-refractivity contribution is -0.135. The molecule has 6 N–H and O–H groups in total. The number of urea groups is 1. The van der Waals surface area contributed by atoms with Gasteiger partial charge in [-0.1, -0.05) is 6.07 Å². The van der Waals surface area contributed by atoms with Gasteiger partial charge < -0.3 is 31.1 Å². The van der Waals surface area contributed by atoms with Crippen LogP contribution in [-0.4, -0.2) is 64.2 Å². The second-order valence-electron chi connectivity index (χ2n) is 6.50. The first-order valence-electron chi connectivity index (χ1n) is 8.83. The third kappa shape index (κ3) is 7.67. The summed E-state index contributed by atoms with van der Waals surface area (Å²) in [5.41, 5.74) is 9.30. The molecule has 1 saturated heterocycles. The maximum atomic E-state index is 11.5. The molecule has 1 atom stereocenters. The van der Waals surface area contributed by atoms with E-state index in [4.69, 9.17) is 25.5 Å². The number of fused-ring (bicyclic) bond motifs is 1. The Balaban J connectivity index is 0.000000420.